The lowest BCUT2D eigenvalue weighted by molar-refractivity contribution is -0.144. The molecular weight excluding hydrogens is 610 g/mol. The Labute approximate surface area is 291 Å². The van der Waals surface area contributed by atoms with Gasteiger partial charge < -0.3 is 24.2 Å². The minimum Gasteiger partial charge on any atom is -0.497 e. The van der Waals surface area contributed by atoms with Crippen LogP contribution < -0.4 is 14.4 Å². The number of aryl methyl sites for hydroxylation is 1. The van der Waals surface area contributed by atoms with Crippen LogP contribution in [0.3, 0.4) is 0 Å². The lowest BCUT2D eigenvalue weighted by Crippen LogP contribution is -2.56. The Morgan fingerprint density at radius 1 is 0.755 bits per heavy atom. The standard InChI is InChI=1S/C42H49N3O4/c1-4-5-7-12-33-19-21-36(22-20-33)32-45(41(46)24-23-35-15-10-17-38(29-35)48-2)40(30-34-13-8-6-9-14-34)42(47)44-27-25-43(26-28-44)37-16-11-18-39(31-37)49-3/h6,8-11,13-24,29,31,40H,4-5,7,12,25-28,30,32H2,1-3H3/b24-23+/t40-/m0/s1. The number of rotatable bonds is 15. The summed E-state index contributed by atoms with van der Waals surface area (Å²) in [5.41, 5.74) is 5.22. The molecule has 0 spiro atoms. The number of hydrogen-bond acceptors (Lipinski definition) is 5. The van der Waals surface area contributed by atoms with Crippen LogP contribution in [-0.4, -0.2) is 68.1 Å². The zero-order chi connectivity index (χ0) is 34.4. The van der Waals surface area contributed by atoms with E-state index < -0.39 is 6.04 Å². The van der Waals surface area contributed by atoms with E-state index >= 15 is 0 Å². The molecule has 0 saturated carbocycles. The lowest BCUT2D eigenvalue weighted by atomic mass is 10.0. The minimum atomic E-state index is -0.683. The van der Waals surface area contributed by atoms with Crippen LogP contribution >= 0.6 is 0 Å². The van der Waals surface area contributed by atoms with Crippen LogP contribution in [0.5, 0.6) is 11.5 Å². The molecule has 7 heteroatoms. The van der Waals surface area contributed by atoms with Crippen LogP contribution in [0.1, 0.15) is 48.4 Å². The summed E-state index contributed by atoms with van der Waals surface area (Å²) in [5, 5.41) is 0. The summed E-state index contributed by atoms with van der Waals surface area (Å²) < 4.78 is 10.8. The zero-order valence-electron chi connectivity index (χ0n) is 29.1. The Bertz CT molecular complexity index is 1660. The van der Waals surface area contributed by atoms with Crippen LogP contribution in [0.4, 0.5) is 5.69 Å². The molecule has 256 valence electrons. The van der Waals surface area contributed by atoms with E-state index in [2.05, 4.69) is 42.2 Å². The third-order valence-corrected chi connectivity index (χ3v) is 9.18. The predicted octanol–water partition coefficient (Wildman–Crippen LogP) is 7.44. The Morgan fingerprint density at radius 2 is 1.43 bits per heavy atom. The first kappa shape index (κ1) is 35.3. The number of methoxy groups -OCH3 is 2. The SMILES string of the molecule is CCCCCc1ccc(CN(C(=O)/C=C/c2cccc(OC)c2)[C@@H](Cc2ccccc2)C(=O)N2CCN(c3cccc(OC)c3)CC2)cc1. The van der Waals surface area contributed by atoms with E-state index in [0.29, 0.717) is 39.1 Å². The first-order valence-corrected chi connectivity index (χ1v) is 17.4. The van der Waals surface area contributed by atoms with Crippen molar-refractivity contribution >= 4 is 23.6 Å². The number of benzene rings is 4. The van der Waals surface area contributed by atoms with Crippen LogP contribution in [0, 0.1) is 0 Å². The number of unbranched alkanes of at least 4 members (excludes halogenated alkanes) is 2. The highest BCUT2D eigenvalue weighted by Crippen LogP contribution is 2.24. The number of amides is 2. The first-order chi connectivity index (χ1) is 24.0. The van der Waals surface area contributed by atoms with E-state index in [1.807, 2.05) is 77.7 Å². The van der Waals surface area contributed by atoms with Crippen molar-refractivity contribution in [3.05, 3.63) is 131 Å². The maximum absolute atomic E-state index is 14.6. The Kier molecular flexibility index (Phi) is 12.9. The van der Waals surface area contributed by atoms with Gasteiger partial charge >= 0.3 is 0 Å². The molecule has 2 amide bonds. The van der Waals surface area contributed by atoms with E-state index in [4.69, 9.17) is 9.47 Å². The highest BCUT2D eigenvalue weighted by atomic mass is 16.5. The summed E-state index contributed by atoms with van der Waals surface area (Å²) in [4.78, 5) is 34.8. The fraction of sp³-hybridized carbons (Fsp3) is 0.333. The zero-order valence-corrected chi connectivity index (χ0v) is 29.1. The molecule has 0 unspecified atom stereocenters. The molecule has 1 atom stereocenters. The Balaban J connectivity index is 1.42. The van der Waals surface area contributed by atoms with Crippen molar-refractivity contribution in [2.75, 3.05) is 45.3 Å². The monoisotopic (exact) mass is 659 g/mol. The van der Waals surface area contributed by atoms with Gasteiger partial charge in [-0.15, -0.1) is 0 Å². The maximum Gasteiger partial charge on any atom is 0.247 e. The number of ether oxygens (including phenoxy) is 2. The van der Waals surface area contributed by atoms with Gasteiger partial charge in [0.1, 0.15) is 17.5 Å². The van der Waals surface area contributed by atoms with E-state index in [-0.39, 0.29) is 11.8 Å². The topological polar surface area (TPSA) is 62.3 Å². The van der Waals surface area contributed by atoms with E-state index in [1.54, 1.807) is 31.3 Å². The Hall–Kier alpha value is -5.04. The quantitative estimate of drug-likeness (QED) is 0.0981. The van der Waals surface area contributed by atoms with Gasteiger partial charge in [0.15, 0.2) is 0 Å². The molecule has 49 heavy (non-hydrogen) atoms. The van der Waals surface area contributed by atoms with Crippen molar-refractivity contribution in [2.24, 2.45) is 0 Å². The van der Waals surface area contributed by atoms with Gasteiger partial charge in [0.25, 0.3) is 0 Å². The number of hydrogen-bond donors (Lipinski definition) is 0. The van der Waals surface area contributed by atoms with Gasteiger partial charge in [-0.1, -0.05) is 92.6 Å². The lowest BCUT2D eigenvalue weighted by Gasteiger charge is -2.40. The number of anilines is 1. The summed E-state index contributed by atoms with van der Waals surface area (Å²) in [6.07, 6.45) is 8.40. The summed E-state index contributed by atoms with van der Waals surface area (Å²) in [6.45, 7) is 5.06. The molecule has 4 aromatic rings. The number of carbonyl (C=O) groups is 2. The van der Waals surface area contributed by atoms with Crippen molar-refractivity contribution in [3.8, 4) is 11.5 Å². The third kappa shape index (κ3) is 9.99. The fourth-order valence-electron chi connectivity index (χ4n) is 6.31. The molecular formula is C42H49N3O4. The van der Waals surface area contributed by atoms with Gasteiger partial charge in [0.2, 0.25) is 11.8 Å². The van der Waals surface area contributed by atoms with Gasteiger partial charge in [-0.3, -0.25) is 9.59 Å². The molecule has 1 fully saturated rings. The molecule has 1 saturated heterocycles. The van der Waals surface area contributed by atoms with Crippen LogP contribution in [0.15, 0.2) is 109 Å². The number of piperazine rings is 1. The average molecular weight is 660 g/mol. The summed E-state index contributed by atoms with van der Waals surface area (Å²) >= 11 is 0. The van der Waals surface area contributed by atoms with Crippen molar-refractivity contribution in [2.45, 2.75) is 51.6 Å². The maximum atomic E-state index is 14.6. The van der Waals surface area contributed by atoms with Crippen LogP contribution in [-0.2, 0) is 29.0 Å². The molecule has 0 radical (unpaired) electrons. The second-order valence-corrected chi connectivity index (χ2v) is 12.6. The van der Waals surface area contributed by atoms with Gasteiger partial charge in [0.05, 0.1) is 14.2 Å². The summed E-state index contributed by atoms with van der Waals surface area (Å²) in [6, 6.07) is 33.4. The number of nitrogens with zero attached hydrogens (tertiary/aromatic N) is 3. The average Bonchev–Trinajstić information content (AvgIpc) is 3.16. The normalized spacial score (nSPS) is 13.7. The molecule has 0 aromatic heterocycles. The Morgan fingerprint density at radius 3 is 2.12 bits per heavy atom. The molecule has 0 aliphatic carbocycles. The van der Waals surface area contributed by atoms with Gasteiger partial charge in [0, 0.05) is 57.0 Å². The molecule has 0 N–H and O–H groups in total. The number of carbonyl (C=O) groups excluding carboxylic acids is 2. The van der Waals surface area contributed by atoms with Crippen LogP contribution in [0.25, 0.3) is 6.08 Å². The molecule has 5 rings (SSSR count). The van der Waals surface area contributed by atoms with Crippen LogP contribution in [0.2, 0.25) is 0 Å². The largest absolute Gasteiger partial charge is 0.497 e. The van der Waals surface area contributed by atoms with Crippen molar-refractivity contribution in [3.63, 3.8) is 0 Å². The molecule has 1 aliphatic rings. The summed E-state index contributed by atoms with van der Waals surface area (Å²) in [5.74, 6) is 1.28. The third-order valence-electron chi connectivity index (χ3n) is 9.18. The molecule has 1 heterocycles. The smallest absolute Gasteiger partial charge is 0.247 e. The molecule has 0 bridgehead atoms. The molecule has 1 aliphatic heterocycles. The van der Waals surface area contributed by atoms with E-state index in [9.17, 15) is 9.59 Å². The molecule has 4 aromatic carbocycles. The van der Waals surface area contributed by atoms with Crippen molar-refractivity contribution in [1.29, 1.82) is 0 Å². The van der Waals surface area contributed by atoms with Gasteiger partial charge in [-0.05, 0) is 65.4 Å². The van der Waals surface area contributed by atoms with E-state index in [1.165, 1.54) is 18.4 Å². The highest BCUT2D eigenvalue weighted by molar-refractivity contribution is 5.96. The summed E-state index contributed by atoms with van der Waals surface area (Å²) in [7, 11) is 3.30. The highest BCUT2D eigenvalue weighted by Gasteiger charge is 2.34. The van der Waals surface area contributed by atoms with Gasteiger partial charge in [-0.25, -0.2) is 0 Å². The second-order valence-electron chi connectivity index (χ2n) is 12.6. The predicted molar refractivity (Wildman–Crippen MR) is 198 cm³/mol. The fourth-order valence-corrected chi connectivity index (χ4v) is 6.31. The van der Waals surface area contributed by atoms with Gasteiger partial charge in [-0.2, -0.15) is 0 Å². The first-order valence-electron chi connectivity index (χ1n) is 17.4. The van der Waals surface area contributed by atoms with Crippen molar-refractivity contribution < 1.29 is 19.1 Å². The van der Waals surface area contributed by atoms with Crippen molar-refractivity contribution in [1.82, 2.24) is 9.80 Å². The second kappa shape index (κ2) is 17.9. The molecule has 7 nitrogen and oxygen atoms in total. The minimum absolute atomic E-state index is 0.0338. The van der Waals surface area contributed by atoms with E-state index in [0.717, 1.165) is 46.7 Å².